The quantitative estimate of drug-likeness (QED) is 0.707. The van der Waals surface area contributed by atoms with Crippen LogP contribution in [0.4, 0.5) is 5.69 Å². The number of hydrogen-bond donors (Lipinski definition) is 0. The SMILES string of the molecule is COc1ccc(S(=O)(=O)N2CCCC2)cc1CCC(=O)N1c2ccccc2C[C@H]1C. The largest absolute Gasteiger partial charge is 0.496 e. The van der Waals surface area contributed by atoms with Gasteiger partial charge in [-0.05, 0) is 68.0 Å². The summed E-state index contributed by atoms with van der Waals surface area (Å²) in [5, 5.41) is 0. The Balaban J connectivity index is 1.54. The lowest BCUT2D eigenvalue weighted by Crippen LogP contribution is -2.35. The molecule has 0 aliphatic carbocycles. The van der Waals surface area contributed by atoms with Crippen molar-refractivity contribution in [3.8, 4) is 5.75 Å². The van der Waals surface area contributed by atoms with Crippen molar-refractivity contribution in [1.82, 2.24) is 4.31 Å². The molecule has 2 heterocycles. The molecule has 0 aromatic heterocycles. The van der Waals surface area contributed by atoms with E-state index in [0.717, 1.165) is 30.5 Å². The first-order valence-corrected chi connectivity index (χ1v) is 11.9. The van der Waals surface area contributed by atoms with E-state index in [-0.39, 0.29) is 16.8 Å². The Labute approximate surface area is 178 Å². The maximum absolute atomic E-state index is 13.0. The molecular formula is C23H28N2O4S. The molecule has 6 nitrogen and oxygen atoms in total. The molecule has 30 heavy (non-hydrogen) atoms. The van der Waals surface area contributed by atoms with Crippen molar-refractivity contribution < 1.29 is 17.9 Å². The van der Waals surface area contributed by atoms with Gasteiger partial charge in [0.15, 0.2) is 0 Å². The number of nitrogens with zero attached hydrogens (tertiary/aromatic N) is 2. The van der Waals surface area contributed by atoms with Crippen LogP contribution in [-0.2, 0) is 27.7 Å². The highest BCUT2D eigenvalue weighted by Gasteiger charge is 2.31. The number of fused-ring (bicyclic) bond motifs is 1. The smallest absolute Gasteiger partial charge is 0.243 e. The third-order valence-corrected chi connectivity index (χ3v) is 7.93. The maximum atomic E-state index is 13.0. The molecule has 0 saturated carbocycles. The molecule has 2 aliphatic heterocycles. The summed E-state index contributed by atoms with van der Waals surface area (Å²) in [7, 11) is -1.94. The number of carbonyl (C=O) groups is 1. The number of benzene rings is 2. The highest BCUT2D eigenvalue weighted by Crippen LogP contribution is 2.33. The second-order valence-corrected chi connectivity index (χ2v) is 9.97. The molecule has 0 N–H and O–H groups in total. The number of methoxy groups -OCH3 is 1. The number of hydrogen-bond acceptors (Lipinski definition) is 4. The van der Waals surface area contributed by atoms with E-state index in [1.807, 2.05) is 23.1 Å². The zero-order valence-corrected chi connectivity index (χ0v) is 18.3. The summed E-state index contributed by atoms with van der Waals surface area (Å²) in [6.07, 6.45) is 3.37. The fourth-order valence-corrected chi connectivity index (χ4v) is 6.06. The number of carbonyl (C=O) groups excluding carboxylic acids is 1. The van der Waals surface area contributed by atoms with E-state index in [2.05, 4.69) is 13.0 Å². The molecule has 2 aromatic rings. The lowest BCUT2D eigenvalue weighted by atomic mass is 10.1. The number of aryl methyl sites for hydroxylation is 1. The Bertz CT molecular complexity index is 1040. The molecule has 7 heteroatoms. The lowest BCUT2D eigenvalue weighted by molar-refractivity contribution is -0.118. The average Bonchev–Trinajstić information content (AvgIpc) is 3.39. The van der Waals surface area contributed by atoms with Gasteiger partial charge < -0.3 is 9.64 Å². The number of ether oxygens (including phenoxy) is 1. The van der Waals surface area contributed by atoms with Crippen LogP contribution in [0.25, 0.3) is 0 Å². The molecule has 1 amide bonds. The predicted octanol–water partition coefficient (Wildman–Crippen LogP) is 3.39. The van der Waals surface area contributed by atoms with Gasteiger partial charge in [0.25, 0.3) is 0 Å². The number of sulfonamides is 1. The Morgan fingerprint density at radius 2 is 1.87 bits per heavy atom. The van der Waals surface area contributed by atoms with Gasteiger partial charge in [-0.3, -0.25) is 4.79 Å². The fraction of sp³-hybridized carbons (Fsp3) is 0.435. The summed E-state index contributed by atoms with van der Waals surface area (Å²) in [4.78, 5) is 15.2. The molecule has 1 saturated heterocycles. The van der Waals surface area contributed by atoms with Crippen molar-refractivity contribution in [3.63, 3.8) is 0 Å². The number of rotatable bonds is 6. The van der Waals surface area contributed by atoms with Gasteiger partial charge in [0.2, 0.25) is 15.9 Å². The van der Waals surface area contributed by atoms with Crippen molar-refractivity contribution >= 4 is 21.6 Å². The van der Waals surface area contributed by atoms with Crippen LogP contribution < -0.4 is 9.64 Å². The minimum absolute atomic E-state index is 0.0438. The van der Waals surface area contributed by atoms with E-state index in [4.69, 9.17) is 4.74 Å². The van der Waals surface area contributed by atoms with Gasteiger partial charge in [0.1, 0.15) is 5.75 Å². The van der Waals surface area contributed by atoms with Crippen LogP contribution in [0.2, 0.25) is 0 Å². The number of anilines is 1. The van der Waals surface area contributed by atoms with Crippen molar-refractivity contribution in [3.05, 3.63) is 53.6 Å². The number of amides is 1. The third-order valence-electron chi connectivity index (χ3n) is 6.04. The third kappa shape index (κ3) is 3.84. The van der Waals surface area contributed by atoms with Crippen LogP contribution in [0.15, 0.2) is 47.4 Å². The lowest BCUT2D eigenvalue weighted by Gasteiger charge is -2.23. The minimum atomic E-state index is -3.51. The van der Waals surface area contributed by atoms with Gasteiger partial charge in [-0.25, -0.2) is 8.42 Å². The molecule has 2 aliphatic rings. The Morgan fingerprint density at radius 3 is 2.60 bits per heavy atom. The topological polar surface area (TPSA) is 66.9 Å². The Morgan fingerprint density at radius 1 is 1.13 bits per heavy atom. The van der Waals surface area contributed by atoms with E-state index in [1.165, 1.54) is 9.87 Å². The van der Waals surface area contributed by atoms with Crippen molar-refractivity contribution in [2.45, 2.75) is 50.0 Å². The summed E-state index contributed by atoms with van der Waals surface area (Å²) in [5.41, 5.74) is 2.91. The van der Waals surface area contributed by atoms with Crippen molar-refractivity contribution in [1.29, 1.82) is 0 Å². The Hall–Kier alpha value is -2.38. The molecule has 1 atom stereocenters. The summed E-state index contributed by atoms with van der Waals surface area (Å²) in [5.74, 6) is 0.653. The summed E-state index contributed by atoms with van der Waals surface area (Å²) in [6.45, 7) is 3.19. The molecule has 0 unspecified atom stereocenters. The normalized spacial score (nSPS) is 19.1. The molecule has 0 radical (unpaired) electrons. The second kappa shape index (κ2) is 8.40. The second-order valence-electron chi connectivity index (χ2n) is 8.03. The zero-order valence-electron chi connectivity index (χ0n) is 17.5. The van der Waals surface area contributed by atoms with Crippen molar-refractivity contribution in [2.75, 3.05) is 25.1 Å². The van der Waals surface area contributed by atoms with Gasteiger partial charge in [-0.15, -0.1) is 0 Å². The molecule has 0 spiro atoms. The first kappa shape index (κ1) is 20.9. The first-order chi connectivity index (χ1) is 14.4. The van der Waals surface area contributed by atoms with Crippen LogP contribution in [0.5, 0.6) is 5.75 Å². The van der Waals surface area contributed by atoms with Crippen LogP contribution in [0.3, 0.4) is 0 Å². The van der Waals surface area contributed by atoms with Crippen molar-refractivity contribution in [2.24, 2.45) is 0 Å². The molecule has 0 bridgehead atoms. The van der Waals surface area contributed by atoms with E-state index in [1.54, 1.807) is 25.3 Å². The average molecular weight is 429 g/mol. The summed E-state index contributed by atoms with van der Waals surface area (Å²) in [6, 6.07) is 13.1. The first-order valence-electron chi connectivity index (χ1n) is 10.5. The standard InChI is InChI=1S/C23H28N2O4S/c1-17-15-18-7-3-4-8-21(18)25(17)23(26)12-9-19-16-20(10-11-22(19)29-2)30(27,28)24-13-5-6-14-24/h3-4,7-8,10-11,16-17H,5-6,9,12-15H2,1-2H3/t17-/m1/s1. The highest BCUT2D eigenvalue weighted by molar-refractivity contribution is 7.89. The van der Waals surface area contributed by atoms with E-state index in [9.17, 15) is 13.2 Å². The van der Waals surface area contributed by atoms with Gasteiger partial charge >= 0.3 is 0 Å². The maximum Gasteiger partial charge on any atom is 0.243 e. The number of para-hydroxylation sites is 1. The van der Waals surface area contributed by atoms with Crippen LogP contribution in [-0.4, -0.2) is 44.9 Å². The zero-order chi connectivity index (χ0) is 21.3. The van der Waals surface area contributed by atoms with Gasteiger partial charge in [-0.1, -0.05) is 18.2 Å². The molecule has 160 valence electrons. The molecule has 4 rings (SSSR count). The van der Waals surface area contributed by atoms with E-state index in [0.29, 0.717) is 31.7 Å². The molecular weight excluding hydrogens is 400 g/mol. The van der Waals surface area contributed by atoms with Gasteiger partial charge in [-0.2, -0.15) is 4.31 Å². The summed E-state index contributed by atoms with van der Waals surface area (Å²) < 4.78 is 32.8. The monoisotopic (exact) mass is 428 g/mol. The highest BCUT2D eigenvalue weighted by atomic mass is 32.2. The van der Waals surface area contributed by atoms with Gasteiger partial charge in [0.05, 0.1) is 12.0 Å². The van der Waals surface area contributed by atoms with Crippen LogP contribution >= 0.6 is 0 Å². The minimum Gasteiger partial charge on any atom is -0.496 e. The van der Waals surface area contributed by atoms with E-state index < -0.39 is 10.0 Å². The fourth-order valence-electron chi connectivity index (χ4n) is 4.50. The van der Waals surface area contributed by atoms with Crippen LogP contribution in [0, 0.1) is 0 Å². The Kier molecular flexibility index (Phi) is 5.84. The van der Waals surface area contributed by atoms with E-state index >= 15 is 0 Å². The van der Waals surface area contributed by atoms with Crippen LogP contribution in [0.1, 0.15) is 37.3 Å². The predicted molar refractivity (Wildman–Crippen MR) is 116 cm³/mol. The molecule has 1 fully saturated rings. The molecule has 2 aromatic carbocycles. The van der Waals surface area contributed by atoms with Gasteiger partial charge in [0, 0.05) is 31.2 Å². The summed E-state index contributed by atoms with van der Waals surface area (Å²) >= 11 is 0.